The third-order valence-electron chi connectivity index (χ3n) is 7.47. The number of rotatable bonds is 3. The van der Waals surface area contributed by atoms with Gasteiger partial charge in [-0.25, -0.2) is 4.98 Å². The number of aromatic nitrogens is 2. The molecule has 3 aliphatic heterocycles. The van der Waals surface area contributed by atoms with Gasteiger partial charge in [-0.3, -0.25) is 4.79 Å². The van der Waals surface area contributed by atoms with E-state index in [1.54, 1.807) is 20.1 Å². The van der Waals surface area contributed by atoms with Crippen LogP contribution in [0.2, 0.25) is 0 Å². The Balaban J connectivity index is 1.25. The highest BCUT2D eigenvalue weighted by atomic mass is 16.5. The van der Waals surface area contributed by atoms with Crippen molar-refractivity contribution in [2.75, 3.05) is 41.7 Å². The van der Waals surface area contributed by atoms with E-state index in [-0.39, 0.29) is 5.91 Å². The van der Waals surface area contributed by atoms with Gasteiger partial charge in [-0.05, 0) is 76.2 Å². The second kappa shape index (κ2) is 7.87. The molecule has 3 N–H and O–H groups in total. The lowest BCUT2D eigenvalue weighted by atomic mass is 9.71. The van der Waals surface area contributed by atoms with Crippen molar-refractivity contribution in [3.05, 3.63) is 30.5 Å². The molecule has 34 heavy (non-hydrogen) atoms. The van der Waals surface area contributed by atoms with Gasteiger partial charge in [-0.1, -0.05) is 0 Å². The molecule has 0 aliphatic carbocycles. The molecule has 1 aromatic carbocycles. The van der Waals surface area contributed by atoms with Crippen LogP contribution in [0.25, 0.3) is 11.1 Å². The van der Waals surface area contributed by atoms with E-state index in [2.05, 4.69) is 25.8 Å². The molecule has 2 saturated heterocycles. The first kappa shape index (κ1) is 21.2. The van der Waals surface area contributed by atoms with Gasteiger partial charge < -0.3 is 30.0 Å². The second-order valence-electron chi connectivity index (χ2n) is 10.1. The highest BCUT2D eigenvalue weighted by Crippen LogP contribution is 2.41. The maximum absolute atomic E-state index is 12.3. The van der Waals surface area contributed by atoms with Crippen LogP contribution in [0.5, 0.6) is 5.75 Å². The van der Waals surface area contributed by atoms with Gasteiger partial charge in [0.15, 0.2) is 17.0 Å². The van der Waals surface area contributed by atoms with Crippen molar-refractivity contribution in [1.82, 2.24) is 15.3 Å². The number of piperidine rings is 2. The molecule has 9 nitrogen and oxygen atoms in total. The van der Waals surface area contributed by atoms with E-state index in [0.29, 0.717) is 22.8 Å². The van der Waals surface area contributed by atoms with Crippen LogP contribution >= 0.6 is 0 Å². The lowest BCUT2D eigenvalue weighted by molar-refractivity contribution is -0.129. The van der Waals surface area contributed by atoms with Gasteiger partial charge in [0.05, 0.1) is 12.0 Å². The summed E-state index contributed by atoms with van der Waals surface area (Å²) in [6.07, 6.45) is 6.51. The topological polar surface area (TPSA) is 105 Å². The highest BCUT2D eigenvalue weighted by molar-refractivity contribution is 6.00. The maximum atomic E-state index is 12.3. The molecule has 6 rings (SSSR count). The van der Waals surface area contributed by atoms with Crippen molar-refractivity contribution in [3.8, 4) is 5.75 Å². The highest BCUT2D eigenvalue weighted by Gasteiger charge is 2.37. The molecule has 3 aliphatic rings. The van der Waals surface area contributed by atoms with Gasteiger partial charge >= 0.3 is 0 Å². The van der Waals surface area contributed by atoms with Crippen LogP contribution in [0.3, 0.4) is 0 Å². The molecular formula is C25H30N6O3. The summed E-state index contributed by atoms with van der Waals surface area (Å²) in [5.41, 5.74) is 2.45. The van der Waals surface area contributed by atoms with E-state index in [9.17, 15) is 4.79 Å². The van der Waals surface area contributed by atoms with Crippen molar-refractivity contribution in [2.24, 2.45) is 5.41 Å². The third kappa shape index (κ3) is 3.73. The fourth-order valence-electron chi connectivity index (χ4n) is 5.29. The normalized spacial score (nSPS) is 21.1. The van der Waals surface area contributed by atoms with Gasteiger partial charge in [-0.15, -0.1) is 0 Å². The summed E-state index contributed by atoms with van der Waals surface area (Å²) in [5, 5.41) is 9.71. The molecule has 2 fully saturated rings. The van der Waals surface area contributed by atoms with Gasteiger partial charge in [0.1, 0.15) is 11.3 Å². The Kier molecular flexibility index (Phi) is 4.91. The summed E-state index contributed by atoms with van der Waals surface area (Å²) in [4.78, 5) is 24.1. The van der Waals surface area contributed by atoms with E-state index >= 15 is 0 Å². The zero-order valence-corrected chi connectivity index (χ0v) is 19.6. The summed E-state index contributed by atoms with van der Waals surface area (Å²) in [7, 11) is 0. The molecule has 2 aromatic heterocycles. The quantitative estimate of drug-likeness (QED) is 0.536. The number of carbonyl (C=O) groups is 1. The van der Waals surface area contributed by atoms with Crippen LogP contribution in [-0.2, 0) is 4.79 Å². The number of ether oxygens (including phenoxy) is 1. The molecule has 9 heteroatoms. The first-order valence-electron chi connectivity index (χ1n) is 12.0. The molecule has 0 saturated carbocycles. The molecule has 1 amide bonds. The minimum Gasteiger partial charge on any atom is -0.476 e. The standard InChI is InChI=1S/C25H30N6O3/c1-24(2)22(32)28-18-15-16(3-4-19(18)34-24)27-23-29-17-5-14-33-20(17)21(30-23)31-12-8-25(9-13-31)6-10-26-11-7-25/h3-5,14-15,26H,6-13H2,1-2H3,(H,28,32)(H,27,29,30). The fraction of sp³-hybridized carbons (Fsp3) is 0.480. The van der Waals surface area contributed by atoms with Crippen molar-refractivity contribution in [3.63, 3.8) is 0 Å². The summed E-state index contributed by atoms with van der Waals surface area (Å²) in [6, 6.07) is 7.45. The number of carbonyl (C=O) groups excluding carboxylic acids is 1. The van der Waals surface area contributed by atoms with Crippen LogP contribution in [0, 0.1) is 5.41 Å². The van der Waals surface area contributed by atoms with Crippen molar-refractivity contribution in [2.45, 2.75) is 45.1 Å². The summed E-state index contributed by atoms with van der Waals surface area (Å²) >= 11 is 0. The number of anilines is 4. The maximum Gasteiger partial charge on any atom is 0.268 e. The second-order valence-corrected chi connectivity index (χ2v) is 10.1. The molecule has 0 unspecified atom stereocenters. The Morgan fingerprint density at radius 1 is 1.06 bits per heavy atom. The predicted molar refractivity (Wildman–Crippen MR) is 131 cm³/mol. The van der Waals surface area contributed by atoms with Gasteiger partial charge in [0.2, 0.25) is 5.95 Å². The Morgan fingerprint density at radius 2 is 1.85 bits per heavy atom. The molecule has 0 bridgehead atoms. The average molecular weight is 463 g/mol. The van der Waals surface area contributed by atoms with Crippen LogP contribution in [0.4, 0.5) is 23.1 Å². The smallest absolute Gasteiger partial charge is 0.268 e. The number of furan rings is 1. The molecule has 178 valence electrons. The van der Waals surface area contributed by atoms with E-state index in [4.69, 9.17) is 14.1 Å². The van der Waals surface area contributed by atoms with E-state index < -0.39 is 5.60 Å². The third-order valence-corrected chi connectivity index (χ3v) is 7.47. The lowest BCUT2D eigenvalue weighted by Gasteiger charge is -2.44. The Bertz CT molecular complexity index is 1240. The van der Waals surface area contributed by atoms with Crippen molar-refractivity contribution >= 4 is 40.1 Å². The number of hydrogen-bond acceptors (Lipinski definition) is 8. The molecule has 0 radical (unpaired) electrons. The molecule has 0 atom stereocenters. The fourth-order valence-corrected chi connectivity index (χ4v) is 5.29. The van der Waals surface area contributed by atoms with Gasteiger partial charge in [-0.2, -0.15) is 4.98 Å². The largest absolute Gasteiger partial charge is 0.476 e. The number of benzene rings is 1. The summed E-state index contributed by atoms with van der Waals surface area (Å²) < 4.78 is 11.6. The Labute approximate surface area is 198 Å². The van der Waals surface area contributed by atoms with Gasteiger partial charge in [0.25, 0.3) is 5.91 Å². The minimum absolute atomic E-state index is 0.174. The van der Waals surface area contributed by atoms with E-state index in [1.165, 1.54) is 25.7 Å². The van der Waals surface area contributed by atoms with Crippen LogP contribution < -0.4 is 25.6 Å². The lowest BCUT2D eigenvalue weighted by Crippen LogP contribution is -2.45. The zero-order chi connectivity index (χ0) is 23.3. The Hall–Kier alpha value is -3.33. The number of hydrogen-bond donors (Lipinski definition) is 3. The number of nitrogens with one attached hydrogen (secondary N) is 3. The number of amides is 1. The zero-order valence-electron chi connectivity index (χ0n) is 19.6. The van der Waals surface area contributed by atoms with Crippen molar-refractivity contribution < 1.29 is 13.9 Å². The van der Waals surface area contributed by atoms with E-state index in [0.717, 1.165) is 48.8 Å². The minimum atomic E-state index is -0.895. The molecule has 5 heterocycles. The molecule has 3 aromatic rings. The summed E-state index contributed by atoms with van der Waals surface area (Å²) in [5.74, 6) is 1.79. The van der Waals surface area contributed by atoms with Gasteiger partial charge in [0, 0.05) is 24.8 Å². The first-order valence-corrected chi connectivity index (χ1v) is 12.0. The summed E-state index contributed by atoms with van der Waals surface area (Å²) in [6.45, 7) is 7.66. The predicted octanol–water partition coefficient (Wildman–Crippen LogP) is 4.05. The SMILES string of the molecule is CC1(C)Oc2ccc(Nc3nc(N4CCC5(CCNCC5)CC4)c4occc4n3)cc2NC1=O. The molecule has 1 spiro atoms. The van der Waals surface area contributed by atoms with Crippen LogP contribution in [-0.4, -0.2) is 47.7 Å². The van der Waals surface area contributed by atoms with E-state index in [1.807, 2.05) is 24.3 Å². The molecular weight excluding hydrogens is 432 g/mol. The number of fused-ring (bicyclic) bond motifs is 2. The van der Waals surface area contributed by atoms with Crippen LogP contribution in [0.15, 0.2) is 34.9 Å². The first-order chi connectivity index (χ1) is 16.4. The number of nitrogens with zero attached hydrogens (tertiary/aromatic N) is 3. The monoisotopic (exact) mass is 462 g/mol. The average Bonchev–Trinajstić information content (AvgIpc) is 3.29. The van der Waals surface area contributed by atoms with Crippen molar-refractivity contribution in [1.29, 1.82) is 0 Å². The Morgan fingerprint density at radius 3 is 2.65 bits per heavy atom. The van der Waals surface area contributed by atoms with Crippen LogP contribution in [0.1, 0.15) is 39.5 Å².